The molecule has 0 spiro atoms. The van der Waals surface area contributed by atoms with Crippen molar-refractivity contribution in [1.82, 2.24) is 25.5 Å². The van der Waals surface area contributed by atoms with Crippen LogP contribution in [0.3, 0.4) is 0 Å². The van der Waals surface area contributed by atoms with Gasteiger partial charge in [-0.1, -0.05) is 19.1 Å². The first-order chi connectivity index (χ1) is 9.52. The van der Waals surface area contributed by atoms with Crippen LogP contribution in [0.25, 0.3) is 0 Å². The van der Waals surface area contributed by atoms with E-state index in [2.05, 4.69) is 20.8 Å². The molecule has 0 aliphatic carbocycles. The van der Waals surface area contributed by atoms with Gasteiger partial charge in [-0.15, -0.1) is 5.10 Å². The van der Waals surface area contributed by atoms with Gasteiger partial charge in [0.25, 0.3) is 0 Å². The SMILES string of the molecule is CCNC(C)c1nnnn1Cc1cc(C)c(F)c(C)c1. The molecule has 5 nitrogen and oxygen atoms in total. The molecule has 6 heteroatoms. The van der Waals surface area contributed by atoms with E-state index in [9.17, 15) is 4.39 Å². The molecule has 2 rings (SSSR count). The predicted molar refractivity (Wildman–Crippen MR) is 74.9 cm³/mol. The summed E-state index contributed by atoms with van der Waals surface area (Å²) in [5, 5.41) is 15.1. The Morgan fingerprint density at radius 3 is 2.55 bits per heavy atom. The topological polar surface area (TPSA) is 55.6 Å². The summed E-state index contributed by atoms with van der Waals surface area (Å²) in [6.45, 7) is 8.99. The van der Waals surface area contributed by atoms with Crippen molar-refractivity contribution in [1.29, 1.82) is 0 Å². The first-order valence-electron chi connectivity index (χ1n) is 6.78. The van der Waals surface area contributed by atoms with Crippen molar-refractivity contribution in [3.05, 3.63) is 40.5 Å². The van der Waals surface area contributed by atoms with E-state index in [1.54, 1.807) is 18.5 Å². The largest absolute Gasteiger partial charge is 0.308 e. The van der Waals surface area contributed by atoms with Crippen molar-refractivity contribution in [2.75, 3.05) is 6.54 Å². The third-order valence-electron chi connectivity index (χ3n) is 3.29. The average Bonchev–Trinajstić information content (AvgIpc) is 2.84. The maximum atomic E-state index is 13.6. The minimum absolute atomic E-state index is 0.0812. The van der Waals surface area contributed by atoms with E-state index in [4.69, 9.17) is 0 Å². The lowest BCUT2D eigenvalue weighted by Crippen LogP contribution is -2.22. The fourth-order valence-electron chi connectivity index (χ4n) is 2.33. The summed E-state index contributed by atoms with van der Waals surface area (Å²) in [5.41, 5.74) is 2.29. The third-order valence-corrected chi connectivity index (χ3v) is 3.29. The van der Waals surface area contributed by atoms with Gasteiger partial charge in [-0.05, 0) is 54.4 Å². The van der Waals surface area contributed by atoms with Gasteiger partial charge in [0.2, 0.25) is 0 Å². The zero-order chi connectivity index (χ0) is 14.7. The second-order valence-electron chi connectivity index (χ2n) is 5.02. The van der Waals surface area contributed by atoms with Gasteiger partial charge in [0, 0.05) is 0 Å². The van der Waals surface area contributed by atoms with Crippen molar-refractivity contribution in [3.63, 3.8) is 0 Å². The zero-order valence-electron chi connectivity index (χ0n) is 12.3. The van der Waals surface area contributed by atoms with Gasteiger partial charge in [-0.25, -0.2) is 9.07 Å². The van der Waals surface area contributed by atoms with E-state index in [0.717, 1.165) is 17.9 Å². The highest BCUT2D eigenvalue weighted by molar-refractivity contribution is 5.30. The van der Waals surface area contributed by atoms with Crippen molar-refractivity contribution < 1.29 is 4.39 Å². The summed E-state index contributed by atoms with van der Waals surface area (Å²) >= 11 is 0. The molecule has 1 atom stereocenters. The fraction of sp³-hybridized carbons (Fsp3) is 0.500. The number of benzene rings is 1. The van der Waals surface area contributed by atoms with E-state index < -0.39 is 0 Å². The Kier molecular flexibility index (Phi) is 4.44. The molecule has 0 aliphatic rings. The molecule has 0 radical (unpaired) electrons. The molecule has 0 saturated heterocycles. The Bertz CT molecular complexity index is 570. The lowest BCUT2D eigenvalue weighted by atomic mass is 10.1. The number of nitrogens with one attached hydrogen (secondary N) is 1. The van der Waals surface area contributed by atoms with Crippen molar-refractivity contribution in [2.24, 2.45) is 0 Å². The van der Waals surface area contributed by atoms with Crippen LogP contribution >= 0.6 is 0 Å². The minimum atomic E-state index is -0.147. The van der Waals surface area contributed by atoms with Crippen LogP contribution < -0.4 is 5.32 Å². The van der Waals surface area contributed by atoms with Crippen LogP contribution in [0.1, 0.15) is 42.4 Å². The molecule has 1 heterocycles. The summed E-state index contributed by atoms with van der Waals surface area (Å²) < 4.78 is 15.4. The molecule has 1 aromatic heterocycles. The standard InChI is InChI=1S/C14H20FN5/c1-5-16-11(4)14-17-18-19-20(14)8-12-6-9(2)13(15)10(3)7-12/h6-7,11,16H,5,8H2,1-4H3. The Labute approximate surface area is 118 Å². The first kappa shape index (κ1) is 14.6. The quantitative estimate of drug-likeness (QED) is 0.910. The third kappa shape index (κ3) is 3.01. The molecule has 0 saturated carbocycles. The second-order valence-corrected chi connectivity index (χ2v) is 5.02. The molecule has 1 aromatic carbocycles. The Morgan fingerprint density at radius 1 is 1.30 bits per heavy atom. The van der Waals surface area contributed by atoms with E-state index in [1.807, 2.05) is 26.0 Å². The smallest absolute Gasteiger partial charge is 0.168 e. The molecule has 20 heavy (non-hydrogen) atoms. The monoisotopic (exact) mass is 277 g/mol. The van der Waals surface area contributed by atoms with Crippen LogP contribution in [0.15, 0.2) is 12.1 Å². The van der Waals surface area contributed by atoms with E-state index in [-0.39, 0.29) is 11.9 Å². The van der Waals surface area contributed by atoms with Crippen molar-refractivity contribution in [3.8, 4) is 0 Å². The second kappa shape index (κ2) is 6.09. The van der Waals surface area contributed by atoms with Crippen molar-refractivity contribution >= 4 is 0 Å². The summed E-state index contributed by atoms with van der Waals surface area (Å²) in [6, 6.07) is 3.76. The van der Waals surface area contributed by atoms with E-state index in [0.29, 0.717) is 17.7 Å². The van der Waals surface area contributed by atoms with Gasteiger partial charge >= 0.3 is 0 Å². The maximum Gasteiger partial charge on any atom is 0.168 e. The summed E-state index contributed by atoms with van der Waals surface area (Å²) in [5.74, 6) is 0.637. The van der Waals surface area contributed by atoms with Gasteiger partial charge in [0.1, 0.15) is 5.82 Å². The number of tetrazole rings is 1. The van der Waals surface area contributed by atoms with Crippen LogP contribution in [-0.2, 0) is 6.54 Å². The molecular weight excluding hydrogens is 257 g/mol. The molecule has 108 valence electrons. The molecule has 0 bridgehead atoms. The number of nitrogens with zero attached hydrogens (tertiary/aromatic N) is 4. The maximum absolute atomic E-state index is 13.6. The molecule has 2 aromatic rings. The van der Waals surface area contributed by atoms with Gasteiger partial charge in [0.15, 0.2) is 5.82 Å². The Hall–Kier alpha value is -1.82. The van der Waals surface area contributed by atoms with Crippen LogP contribution in [0.4, 0.5) is 4.39 Å². The average molecular weight is 277 g/mol. The summed E-state index contributed by atoms with van der Waals surface area (Å²) in [4.78, 5) is 0. The molecular formula is C14H20FN5. The van der Waals surface area contributed by atoms with Crippen LogP contribution in [0.2, 0.25) is 0 Å². The number of hydrogen-bond donors (Lipinski definition) is 1. The minimum Gasteiger partial charge on any atom is -0.308 e. The highest BCUT2D eigenvalue weighted by Crippen LogP contribution is 2.16. The van der Waals surface area contributed by atoms with Crippen LogP contribution in [0, 0.1) is 19.7 Å². The van der Waals surface area contributed by atoms with Gasteiger partial charge in [-0.3, -0.25) is 0 Å². The fourth-order valence-corrected chi connectivity index (χ4v) is 2.33. The molecule has 0 fully saturated rings. The summed E-state index contributed by atoms with van der Waals surface area (Å²) in [6.07, 6.45) is 0. The highest BCUT2D eigenvalue weighted by atomic mass is 19.1. The molecule has 1 N–H and O–H groups in total. The zero-order valence-corrected chi connectivity index (χ0v) is 12.3. The molecule has 1 unspecified atom stereocenters. The predicted octanol–water partition coefficient (Wildman–Crippen LogP) is 2.15. The van der Waals surface area contributed by atoms with Crippen LogP contribution in [-0.4, -0.2) is 26.8 Å². The number of aromatic nitrogens is 4. The van der Waals surface area contributed by atoms with Crippen molar-refractivity contribution in [2.45, 2.75) is 40.3 Å². The number of rotatable bonds is 5. The number of halogens is 1. The highest BCUT2D eigenvalue weighted by Gasteiger charge is 2.14. The summed E-state index contributed by atoms with van der Waals surface area (Å²) in [7, 11) is 0. The lowest BCUT2D eigenvalue weighted by molar-refractivity contribution is 0.516. The molecule has 0 amide bonds. The van der Waals surface area contributed by atoms with Crippen LogP contribution in [0.5, 0.6) is 0 Å². The normalized spacial score (nSPS) is 12.7. The lowest BCUT2D eigenvalue weighted by Gasteiger charge is -2.13. The number of hydrogen-bond acceptors (Lipinski definition) is 4. The van der Waals surface area contributed by atoms with Gasteiger partial charge < -0.3 is 5.32 Å². The Morgan fingerprint density at radius 2 is 1.95 bits per heavy atom. The Balaban J connectivity index is 2.25. The van der Waals surface area contributed by atoms with E-state index in [1.165, 1.54) is 0 Å². The molecule has 0 aliphatic heterocycles. The number of aryl methyl sites for hydroxylation is 2. The van der Waals surface area contributed by atoms with Gasteiger partial charge in [0.05, 0.1) is 12.6 Å². The van der Waals surface area contributed by atoms with E-state index >= 15 is 0 Å². The first-order valence-corrected chi connectivity index (χ1v) is 6.78. The van der Waals surface area contributed by atoms with Gasteiger partial charge in [-0.2, -0.15) is 0 Å².